The first kappa shape index (κ1) is 11.4. The summed E-state index contributed by atoms with van der Waals surface area (Å²) in [5.41, 5.74) is 2.45. The smallest absolute Gasteiger partial charge is 0.0947 e. The van der Waals surface area contributed by atoms with Gasteiger partial charge in [0, 0.05) is 22.6 Å². The van der Waals surface area contributed by atoms with E-state index < -0.39 is 0 Å². The van der Waals surface area contributed by atoms with Crippen molar-refractivity contribution >= 4 is 15.9 Å². The summed E-state index contributed by atoms with van der Waals surface area (Å²) in [6.07, 6.45) is 3.46. The molecule has 0 bridgehead atoms. The van der Waals surface area contributed by atoms with Crippen LogP contribution in [0.2, 0.25) is 0 Å². The molecule has 2 aromatic rings. The monoisotopic (exact) mass is 279 g/mol. The number of halogens is 1. The number of rotatable bonds is 4. The maximum Gasteiger partial charge on any atom is 0.0947 e. The zero-order chi connectivity index (χ0) is 11.4. The predicted octanol–water partition coefficient (Wildman–Crippen LogP) is 3.89. The molecular formula is C13H14BrNO. The van der Waals surface area contributed by atoms with Crippen LogP contribution >= 0.6 is 15.9 Å². The van der Waals surface area contributed by atoms with Crippen LogP contribution in [-0.2, 0) is 6.54 Å². The molecule has 2 rings (SSSR count). The highest BCUT2D eigenvalue weighted by molar-refractivity contribution is 9.10. The largest absolute Gasteiger partial charge is 0.472 e. The van der Waals surface area contributed by atoms with Crippen LogP contribution < -0.4 is 5.32 Å². The normalized spacial score (nSPS) is 12.6. The van der Waals surface area contributed by atoms with Crippen LogP contribution in [0.4, 0.5) is 0 Å². The summed E-state index contributed by atoms with van der Waals surface area (Å²) in [6, 6.07) is 10.7. The van der Waals surface area contributed by atoms with Gasteiger partial charge in [0.05, 0.1) is 12.5 Å². The number of furan rings is 1. The Morgan fingerprint density at radius 2 is 2.00 bits per heavy atom. The highest BCUT2D eigenvalue weighted by Crippen LogP contribution is 2.16. The Bertz CT molecular complexity index is 422. The van der Waals surface area contributed by atoms with E-state index in [0.717, 1.165) is 11.0 Å². The molecule has 0 radical (unpaired) electrons. The lowest BCUT2D eigenvalue weighted by Gasteiger charge is -2.13. The van der Waals surface area contributed by atoms with Crippen molar-refractivity contribution in [2.24, 2.45) is 0 Å². The van der Waals surface area contributed by atoms with Crippen molar-refractivity contribution in [1.82, 2.24) is 5.32 Å². The van der Waals surface area contributed by atoms with Crippen LogP contribution in [0.3, 0.4) is 0 Å². The van der Waals surface area contributed by atoms with Crippen molar-refractivity contribution in [3.05, 3.63) is 58.5 Å². The van der Waals surface area contributed by atoms with Gasteiger partial charge in [0.25, 0.3) is 0 Å². The number of hydrogen-bond acceptors (Lipinski definition) is 2. The second-order valence-electron chi connectivity index (χ2n) is 3.79. The molecule has 1 atom stereocenters. The Morgan fingerprint density at radius 3 is 2.62 bits per heavy atom. The molecular weight excluding hydrogens is 266 g/mol. The molecule has 0 fully saturated rings. The molecule has 1 N–H and O–H groups in total. The van der Waals surface area contributed by atoms with Gasteiger partial charge in [-0.2, -0.15) is 0 Å². The number of benzene rings is 1. The van der Waals surface area contributed by atoms with Gasteiger partial charge in [-0.25, -0.2) is 0 Å². The summed E-state index contributed by atoms with van der Waals surface area (Å²) in [4.78, 5) is 0. The lowest BCUT2D eigenvalue weighted by molar-refractivity contribution is 0.546. The average molecular weight is 280 g/mol. The summed E-state index contributed by atoms with van der Waals surface area (Å²) in [6.45, 7) is 2.98. The van der Waals surface area contributed by atoms with Crippen LogP contribution in [0, 0.1) is 0 Å². The molecule has 0 unspecified atom stereocenters. The summed E-state index contributed by atoms with van der Waals surface area (Å²) in [5, 5.41) is 3.45. The molecule has 1 heterocycles. The third kappa shape index (κ3) is 2.97. The van der Waals surface area contributed by atoms with Crippen LogP contribution in [0.15, 0.2) is 51.7 Å². The Labute approximate surface area is 104 Å². The summed E-state index contributed by atoms with van der Waals surface area (Å²) < 4.78 is 6.13. The predicted molar refractivity (Wildman–Crippen MR) is 68.1 cm³/mol. The van der Waals surface area contributed by atoms with E-state index in [9.17, 15) is 0 Å². The van der Waals surface area contributed by atoms with E-state index in [-0.39, 0.29) is 0 Å². The fourth-order valence-electron chi connectivity index (χ4n) is 1.53. The first-order chi connectivity index (χ1) is 7.75. The minimum atomic E-state index is 0.336. The lowest BCUT2D eigenvalue weighted by Crippen LogP contribution is -2.17. The van der Waals surface area contributed by atoms with Crippen LogP contribution in [0.1, 0.15) is 24.1 Å². The molecule has 0 saturated heterocycles. The molecule has 3 heteroatoms. The van der Waals surface area contributed by atoms with E-state index in [1.54, 1.807) is 12.5 Å². The second kappa shape index (κ2) is 5.32. The van der Waals surface area contributed by atoms with E-state index in [1.807, 2.05) is 6.07 Å². The highest BCUT2D eigenvalue weighted by atomic mass is 79.9. The molecule has 84 valence electrons. The van der Waals surface area contributed by atoms with E-state index in [2.05, 4.69) is 52.4 Å². The van der Waals surface area contributed by atoms with Gasteiger partial charge in [-0.05, 0) is 30.7 Å². The Hall–Kier alpha value is -1.06. The molecule has 0 saturated carbocycles. The summed E-state index contributed by atoms with van der Waals surface area (Å²) in [7, 11) is 0. The first-order valence-corrected chi connectivity index (χ1v) is 6.05. The van der Waals surface area contributed by atoms with Crippen molar-refractivity contribution in [1.29, 1.82) is 0 Å². The molecule has 0 aliphatic rings. The SMILES string of the molecule is C[C@@H](NCc1ccoc1)c1ccc(Br)cc1. The van der Waals surface area contributed by atoms with Crippen LogP contribution in [0.25, 0.3) is 0 Å². The quantitative estimate of drug-likeness (QED) is 0.919. The van der Waals surface area contributed by atoms with Gasteiger partial charge in [-0.3, -0.25) is 0 Å². The van der Waals surface area contributed by atoms with Gasteiger partial charge in [0.1, 0.15) is 0 Å². The van der Waals surface area contributed by atoms with Crippen molar-refractivity contribution in [3.63, 3.8) is 0 Å². The van der Waals surface area contributed by atoms with Gasteiger partial charge in [0.15, 0.2) is 0 Å². The van der Waals surface area contributed by atoms with Gasteiger partial charge >= 0.3 is 0 Å². The maximum absolute atomic E-state index is 5.02. The third-order valence-corrected chi connectivity index (χ3v) is 3.09. The minimum Gasteiger partial charge on any atom is -0.472 e. The molecule has 1 aromatic carbocycles. The van der Waals surface area contributed by atoms with E-state index in [4.69, 9.17) is 4.42 Å². The first-order valence-electron chi connectivity index (χ1n) is 5.25. The van der Waals surface area contributed by atoms with Gasteiger partial charge in [-0.15, -0.1) is 0 Å². The standard InChI is InChI=1S/C13H14BrNO/c1-10(12-2-4-13(14)5-3-12)15-8-11-6-7-16-9-11/h2-7,9-10,15H,8H2,1H3/t10-/m1/s1. The van der Waals surface area contributed by atoms with Crippen molar-refractivity contribution < 1.29 is 4.42 Å². The molecule has 0 aliphatic carbocycles. The molecule has 16 heavy (non-hydrogen) atoms. The fourth-order valence-corrected chi connectivity index (χ4v) is 1.80. The van der Waals surface area contributed by atoms with Crippen molar-refractivity contribution in [3.8, 4) is 0 Å². The number of hydrogen-bond donors (Lipinski definition) is 1. The molecule has 2 nitrogen and oxygen atoms in total. The van der Waals surface area contributed by atoms with E-state index in [0.29, 0.717) is 6.04 Å². The second-order valence-corrected chi connectivity index (χ2v) is 4.70. The van der Waals surface area contributed by atoms with Gasteiger partial charge in [0.2, 0.25) is 0 Å². The maximum atomic E-state index is 5.02. The molecule has 0 amide bonds. The highest BCUT2D eigenvalue weighted by Gasteiger charge is 2.04. The Balaban J connectivity index is 1.93. The Kier molecular flexibility index (Phi) is 3.80. The Morgan fingerprint density at radius 1 is 1.25 bits per heavy atom. The van der Waals surface area contributed by atoms with Gasteiger partial charge < -0.3 is 9.73 Å². The van der Waals surface area contributed by atoms with Gasteiger partial charge in [-0.1, -0.05) is 28.1 Å². The van der Waals surface area contributed by atoms with Crippen molar-refractivity contribution in [2.45, 2.75) is 19.5 Å². The van der Waals surface area contributed by atoms with Crippen molar-refractivity contribution in [2.75, 3.05) is 0 Å². The average Bonchev–Trinajstić information content (AvgIpc) is 2.80. The van der Waals surface area contributed by atoms with E-state index in [1.165, 1.54) is 11.1 Å². The topological polar surface area (TPSA) is 25.2 Å². The molecule has 1 aromatic heterocycles. The summed E-state index contributed by atoms with van der Waals surface area (Å²) in [5.74, 6) is 0. The third-order valence-electron chi connectivity index (χ3n) is 2.56. The number of nitrogens with one attached hydrogen (secondary N) is 1. The molecule has 0 aliphatic heterocycles. The fraction of sp³-hybridized carbons (Fsp3) is 0.231. The summed E-state index contributed by atoms with van der Waals surface area (Å²) >= 11 is 3.43. The van der Waals surface area contributed by atoms with Crippen LogP contribution in [-0.4, -0.2) is 0 Å². The minimum absolute atomic E-state index is 0.336. The molecule has 0 spiro atoms. The zero-order valence-corrected chi connectivity index (χ0v) is 10.7. The zero-order valence-electron chi connectivity index (χ0n) is 9.11. The van der Waals surface area contributed by atoms with E-state index >= 15 is 0 Å². The van der Waals surface area contributed by atoms with Crippen LogP contribution in [0.5, 0.6) is 0 Å². The lowest BCUT2D eigenvalue weighted by atomic mass is 10.1.